The molecule has 144 valence electrons. The van der Waals surface area contributed by atoms with Gasteiger partial charge in [0, 0.05) is 38.8 Å². The van der Waals surface area contributed by atoms with Crippen LogP contribution in [0.2, 0.25) is 0 Å². The van der Waals surface area contributed by atoms with Crippen molar-refractivity contribution in [1.82, 2.24) is 9.80 Å². The molecule has 2 fully saturated rings. The Morgan fingerprint density at radius 1 is 0.958 bits per heavy atom. The van der Waals surface area contributed by atoms with E-state index in [0.29, 0.717) is 18.1 Å². The fourth-order valence-electron chi connectivity index (χ4n) is 3.61. The van der Waals surface area contributed by atoms with Crippen molar-refractivity contribution >= 4 is 0 Å². The monoisotopic (exact) mass is 342 g/mol. The van der Waals surface area contributed by atoms with Gasteiger partial charge in [0.15, 0.2) is 0 Å². The van der Waals surface area contributed by atoms with Gasteiger partial charge in [-0.2, -0.15) is 0 Å². The highest BCUT2D eigenvalue weighted by molar-refractivity contribution is 4.89. The molecule has 0 aromatic heterocycles. The molecule has 1 aliphatic carbocycles. The molecular formula is C20H42N2O2. The second kappa shape index (κ2) is 10.7. The zero-order valence-corrected chi connectivity index (χ0v) is 17.3. The fourth-order valence-corrected chi connectivity index (χ4v) is 3.61. The van der Waals surface area contributed by atoms with Crippen molar-refractivity contribution < 1.29 is 9.47 Å². The maximum absolute atomic E-state index is 6.24. The van der Waals surface area contributed by atoms with E-state index in [4.69, 9.17) is 9.47 Å². The molecule has 24 heavy (non-hydrogen) atoms. The predicted molar refractivity (Wildman–Crippen MR) is 103 cm³/mol. The molecule has 1 saturated heterocycles. The first-order valence-electron chi connectivity index (χ1n) is 10.0. The summed E-state index contributed by atoms with van der Waals surface area (Å²) in [5.74, 6) is 0.552. The quantitative estimate of drug-likeness (QED) is 0.735. The summed E-state index contributed by atoms with van der Waals surface area (Å²) in [6, 6.07) is 0. The molecule has 0 radical (unpaired) electrons. The third-order valence-electron chi connectivity index (χ3n) is 6.06. The van der Waals surface area contributed by atoms with Gasteiger partial charge in [-0.1, -0.05) is 20.8 Å². The second-order valence-corrected chi connectivity index (χ2v) is 7.81. The van der Waals surface area contributed by atoms with Gasteiger partial charge in [0.2, 0.25) is 0 Å². The zero-order valence-electron chi connectivity index (χ0n) is 17.3. The van der Waals surface area contributed by atoms with Crippen LogP contribution in [0.1, 0.15) is 60.3 Å². The number of likely N-dealkylation sites (N-methyl/N-ethyl adjacent to an activating group) is 1. The molecule has 1 atom stereocenters. The summed E-state index contributed by atoms with van der Waals surface area (Å²) < 4.78 is 11.7. The Hall–Kier alpha value is -0.160. The molecule has 1 aliphatic heterocycles. The Morgan fingerprint density at radius 2 is 1.46 bits per heavy atom. The lowest BCUT2D eigenvalue weighted by atomic mass is 9.87. The summed E-state index contributed by atoms with van der Waals surface area (Å²) >= 11 is 0. The lowest BCUT2D eigenvalue weighted by Gasteiger charge is -2.46. The van der Waals surface area contributed by atoms with E-state index in [1.165, 1.54) is 26.2 Å². The van der Waals surface area contributed by atoms with Gasteiger partial charge in [-0.15, -0.1) is 0 Å². The number of piperazine rings is 1. The van der Waals surface area contributed by atoms with Crippen LogP contribution in [0.15, 0.2) is 0 Å². The molecule has 0 aromatic rings. The van der Waals surface area contributed by atoms with Crippen molar-refractivity contribution in [2.24, 2.45) is 5.92 Å². The van der Waals surface area contributed by atoms with Gasteiger partial charge >= 0.3 is 0 Å². The highest BCUT2D eigenvalue weighted by Gasteiger charge is 2.34. The van der Waals surface area contributed by atoms with Crippen LogP contribution in [0.25, 0.3) is 0 Å². The zero-order chi connectivity index (χ0) is 18.2. The minimum absolute atomic E-state index is 0.213. The third kappa shape index (κ3) is 6.29. The number of hydrogen-bond donors (Lipinski definition) is 0. The summed E-state index contributed by atoms with van der Waals surface area (Å²) in [6.45, 7) is 16.7. The number of nitrogens with zero attached hydrogens (tertiary/aromatic N) is 2. The highest BCUT2D eigenvalue weighted by Crippen LogP contribution is 2.28. The fraction of sp³-hybridized carbons (Fsp3) is 1.00. The van der Waals surface area contributed by atoms with Crippen LogP contribution in [-0.4, -0.2) is 74.5 Å². The topological polar surface area (TPSA) is 24.9 Å². The average Bonchev–Trinajstić information content (AvgIpc) is 2.62. The first-order valence-corrected chi connectivity index (χ1v) is 10.0. The van der Waals surface area contributed by atoms with Crippen LogP contribution in [0.5, 0.6) is 0 Å². The molecule has 0 N–H and O–H groups in total. The molecule has 2 rings (SSSR count). The molecule has 2 aliphatic rings. The highest BCUT2D eigenvalue weighted by atomic mass is 16.5. The predicted octanol–water partition coefficient (Wildman–Crippen LogP) is 3.65. The second-order valence-electron chi connectivity index (χ2n) is 7.81. The maximum atomic E-state index is 6.24. The van der Waals surface area contributed by atoms with Crippen LogP contribution >= 0.6 is 0 Å². The van der Waals surface area contributed by atoms with Crippen molar-refractivity contribution in [3.8, 4) is 0 Å². The molecule has 0 spiro atoms. The Balaban J connectivity index is 0.00000139. The van der Waals surface area contributed by atoms with E-state index >= 15 is 0 Å². The van der Waals surface area contributed by atoms with Gasteiger partial charge in [0.05, 0.1) is 18.8 Å². The molecule has 0 aromatic carbocycles. The molecular weight excluding hydrogens is 300 g/mol. The first kappa shape index (κ1) is 21.9. The van der Waals surface area contributed by atoms with Crippen LogP contribution in [0.4, 0.5) is 0 Å². The van der Waals surface area contributed by atoms with Crippen molar-refractivity contribution in [2.75, 3.05) is 46.9 Å². The van der Waals surface area contributed by atoms with Gasteiger partial charge in [0.1, 0.15) is 0 Å². The van der Waals surface area contributed by atoms with E-state index in [-0.39, 0.29) is 5.54 Å². The smallest absolute Gasteiger partial charge is 0.0577 e. The van der Waals surface area contributed by atoms with E-state index in [1.807, 2.05) is 21.0 Å². The lowest BCUT2D eigenvalue weighted by molar-refractivity contribution is -0.0554. The van der Waals surface area contributed by atoms with E-state index in [2.05, 4.69) is 37.6 Å². The summed E-state index contributed by atoms with van der Waals surface area (Å²) in [4.78, 5) is 5.06. The van der Waals surface area contributed by atoms with Gasteiger partial charge in [-0.3, -0.25) is 4.90 Å². The Labute approximate surface area is 150 Å². The van der Waals surface area contributed by atoms with Crippen molar-refractivity contribution in [1.29, 1.82) is 0 Å². The summed E-state index contributed by atoms with van der Waals surface area (Å²) in [7, 11) is 4.04. The molecule has 0 amide bonds. The van der Waals surface area contributed by atoms with E-state index in [0.717, 1.165) is 32.3 Å². The standard InChI is InChI=1S/C18H36N2O2.C2H6/c1-15(14-22-17-8-6-16(21-5)7-9-17)18(2,3)20-12-10-19(4)11-13-20;1-2/h15-17H,6-14H2,1-5H3;1-2H3. The van der Waals surface area contributed by atoms with Gasteiger partial charge < -0.3 is 14.4 Å². The van der Waals surface area contributed by atoms with E-state index < -0.39 is 0 Å². The molecule has 4 nitrogen and oxygen atoms in total. The van der Waals surface area contributed by atoms with Crippen LogP contribution in [0, 0.1) is 5.92 Å². The minimum Gasteiger partial charge on any atom is -0.381 e. The average molecular weight is 343 g/mol. The summed E-state index contributed by atoms with van der Waals surface area (Å²) in [6.07, 6.45) is 5.51. The number of ether oxygens (including phenoxy) is 2. The molecule has 4 heteroatoms. The van der Waals surface area contributed by atoms with Crippen LogP contribution in [0.3, 0.4) is 0 Å². The SMILES string of the molecule is CC.COC1CCC(OCC(C)C(C)(C)N2CCN(C)CC2)CC1. The third-order valence-corrected chi connectivity index (χ3v) is 6.06. The number of hydrogen-bond acceptors (Lipinski definition) is 4. The first-order chi connectivity index (χ1) is 11.4. The largest absolute Gasteiger partial charge is 0.381 e. The Morgan fingerprint density at radius 3 is 1.96 bits per heavy atom. The number of rotatable bonds is 6. The molecule has 1 heterocycles. The van der Waals surface area contributed by atoms with Gasteiger partial charge in [-0.05, 0) is 52.5 Å². The number of methoxy groups -OCH3 is 1. The summed E-state index contributed by atoms with van der Waals surface area (Å²) in [5, 5.41) is 0. The molecule has 1 saturated carbocycles. The van der Waals surface area contributed by atoms with Crippen molar-refractivity contribution in [3.63, 3.8) is 0 Å². The lowest BCUT2D eigenvalue weighted by Crippen LogP contribution is -2.57. The van der Waals surface area contributed by atoms with Crippen molar-refractivity contribution in [2.45, 2.75) is 78.0 Å². The van der Waals surface area contributed by atoms with Gasteiger partial charge in [0.25, 0.3) is 0 Å². The van der Waals surface area contributed by atoms with Crippen LogP contribution in [-0.2, 0) is 9.47 Å². The normalized spacial score (nSPS) is 28.1. The Kier molecular flexibility index (Phi) is 9.80. The maximum Gasteiger partial charge on any atom is 0.0577 e. The minimum atomic E-state index is 0.213. The van der Waals surface area contributed by atoms with Crippen LogP contribution < -0.4 is 0 Å². The van der Waals surface area contributed by atoms with E-state index in [1.54, 1.807) is 0 Å². The van der Waals surface area contributed by atoms with Gasteiger partial charge in [-0.25, -0.2) is 0 Å². The molecule has 0 bridgehead atoms. The Bertz CT molecular complexity index is 320. The van der Waals surface area contributed by atoms with Crippen molar-refractivity contribution in [3.05, 3.63) is 0 Å². The molecule has 1 unspecified atom stereocenters. The summed E-state index contributed by atoms with van der Waals surface area (Å²) in [5.41, 5.74) is 0.213. The van der Waals surface area contributed by atoms with E-state index in [9.17, 15) is 0 Å².